The molecule has 2 aliphatic rings. The summed E-state index contributed by atoms with van der Waals surface area (Å²) in [5, 5.41) is 10.3. The predicted molar refractivity (Wildman–Crippen MR) is 135 cm³/mol. The van der Waals surface area contributed by atoms with Gasteiger partial charge in [-0.3, -0.25) is 15.2 Å². The van der Waals surface area contributed by atoms with Gasteiger partial charge in [0.05, 0.1) is 16.8 Å². The summed E-state index contributed by atoms with van der Waals surface area (Å²) in [6.45, 7) is 3.74. The van der Waals surface area contributed by atoms with Crippen LogP contribution in [0.4, 0.5) is 5.69 Å². The molecule has 5 nitrogen and oxygen atoms in total. The van der Waals surface area contributed by atoms with Crippen LogP contribution in [-0.2, 0) is 4.79 Å². The van der Waals surface area contributed by atoms with Gasteiger partial charge >= 0.3 is 0 Å². The van der Waals surface area contributed by atoms with Crippen LogP contribution in [-0.4, -0.2) is 29.7 Å². The van der Waals surface area contributed by atoms with Gasteiger partial charge in [-0.05, 0) is 48.7 Å². The highest BCUT2D eigenvalue weighted by atomic mass is 35.5. The molecular formula is C23H26Cl4N4O. The van der Waals surface area contributed by atoms with E-state index in [0.717, 1.165) is 31.5 Å². The first kappa shape index (κ1) is 25.1. The average Bonchev–Trinajstić information content (AvgIpc) is 2.89. The summed E-state index contributed by atoms with van der Waals surface area (Å²) in [7, 11) is 0. The SMILES string of the molecule is CC1C(C(=O)NN2CCCCCC2)=NN(c2ccc(Cl)cc2Cl)C1c1ccc(Cl)cc1.Cl. The minimum atomic E-state index is -0.194. The Bertz CT molecular complexity index is 974. The number of carbonyl (C=O) groups excluding carboxylic acids is 1. The van der Waals surface area contributed by atoms with Gasteiger partial charge in [0, 0.05) is 29.1 Å². The summed E-state index contributed by atoms with van der Waals surface area (Å²) in [5.41, 5.74) is 5.26. The topological polar surface area (TPSA) is 47.9 Å². The maximum Gasteiger partial charge on any atom is 0.282 e. The highest BCUT2D eigenvalue weighted by Crippen LogP contribution is 2.42. The second-order valence-electron chi connectivity index (χ2n) is 8.05. The lowest BCUT2D eigenvalue weighted by Gasteiger charge is -2.27. The Labute approximate surface area is 210 Å². The quantitative estimate of drug-likeness (QED) is 0.503. The molecule has 2 unspecified atom stereocenters. The highest BCUT2D eigenvalue weighted by Gasteiger charge is 2.40. The summed E-state index contributed by atoms with van der Waals surface area (Å²) >= 11 is 18.7. The van der Waals surface area contributed by atoms with Crippen molar-refractivity contribution in [2.45, 2.75) is 38.6 Å². The number of anilines is 1. The molecule has 9 heteroatoms. The Morgan fingerprint density at radius 3 is 2.22 bits per heavy atom. The van der Waals surface area contributed by atoms with Crippen LogP contribution in [0.5, 0.6) is 0 Å². The lowest BCUT2D eigenvalue weighted by atomic mass is 9.91. The molecule has 2 atom stereocenters. The number of rotatable bonds is 4. The third-order valence-corrected chi connectivity index (χ3v) is 6.64. The van der Waals surface area contributed by atoms with Crippen LogP contribution in [0.1, 0.15) is 44.2 Å². The van der Waals surface area contributed by atoms with Gasteiger partial charge in [-0.2, -0.15) is 5.10 Å². The summed E-state index contributed by atoms with van der Waals surface area (Å²) < 4.78 is 0. The van der Waals surface area contributed by atoms with E-state index in [-0.39, 0.29) is 30.3 Å². The number of nitrogens with one attached hydrogen (secondary N) is 1. The number of nitrogens with zero attached hydrogens (tertiary/aromatic N) is 3. The van der Waals surface area contributed by atoms with Crippen LogP contribution >= 0.6 is 47.2 Å². The van der Waals surface area contributed by atoms with E-state index in [9.17, 15) is 4.79 Å². The summed E-state index contributed by atoms with van der Waals surface area (Å²) in [6.07, 6.45) is 4.57. The smallest absolute Gasteiger partial charge is 0.282 e. The molecule has 1 saturated heterocycles. The largest absolute Gasteiger partial charge is 0.284 e. The first-order chi connectivity index (χ1) is 14.9. The second-order valence-corrected chi connectivity index (χ2v) is 9.33. The number of hydrazine groups is 1. The van der Waals surface area contributed by atoms with Crippen LogP contribution in [0.3, 0.4) is 0 Å². The number of amides is 1. The molecule has 4 rings (SSSR count). The summed E-state index contributed by atoms with van der Waals surface area (Å²) in [6, 6.07) is 12.7. The van der Waals surface area contributed by atoms with Gasteiger partial charge < -0.3 is 0 Å². The number of hydrazone groups is 1. The first-order valence-corrected chi connectivity index (χ1v) is 11.7. The van der Waals surface area contributed by atoms with Crippen LogP contribution in [0.2, 0.25) is 15.1 Å². The van der Waals surface area contributed by atoms with Crippen molar-refractivity contribution in [2.24, 2.45) is 11.0 Å². The number of hydrogen-bond acceptors (Lipinski definition) is 4. The van der Waals surface area contributed by atoms with E-state index < -0.39 is 0 Å². The van der Waals surface area contributed by atoms with Crippen LogP contribution in [0, 0.1) is 5.92 Å². The molecule has 0 saturated carbocycles. The van der Waals surface area contributed by atoms with Gasteiger partial charge in [0.15, 0.2) is 0 Å². The van der Waals surface area contributed by atoms with Gasteiger partial charge in [-0.15, -0.1) is 12.4 Å². The van der Waals surface area contributed by atoms with E-state index in [4.69, 9.17) is 39.9 Å². The number of halogens is 4. The summed E-state index contributed by atoms with van der Waals surface area (Å²) in [5.74, 6) is -0.319. The van der Waals surface area contributed by atoms with Crippen molar-refractivity contribution in [3.8, 4) is 0 Å². The molecule has 1 amide bonds. The van der Waals surface area contributed by atoms with Crippen molar-refractivity contribution in [2.75, 3.05) is 18.1 Å². The molecule has 1 fully saturated rings. The lowest BCUT2D eigenvalue weighted by Crippen LogP contribution is -2.46. The molecule has 0 aliphatic carbocycles. The molecule has 0 radical (unpaired) electrons. The van der Waals surface area contributed by atoms with Crippen molar-refractivity contribution in [3.05, 3.63) is 63.1 Å². The van der Waals surface area contributed by atoms with Gasteiger partial charge in [0.2, 0.25) is 0 Å². The maximum absolute atomic E-state index is 13.2. The fraction of sp³-hybridized carbons (Fsp3) is 0.391. The van der Waals surface area contributed by atoms with Gasteiger partial charge in [-0.1, -0.05) is 66.7 Å². The molecule has 2 aliphatic heterocycles. The fourth-order valence-electron chi connectivity index (χ4n) is 4.23. The third kappa shape index (κ3) is 5.52. The van der Waals surface area contributed by atoms with Crippen molar-refractivity contribution >= 4 is 64.5 Å². The third-order valence-electron chi connectivity index (χ3n) is 5.85. The Hall–Kier alpha value is -1.50. The molecule has 32 heavy (non-hydrogen) atoms. The number of carbonyl (C=O) groups is 1. The maximum atomic E-state index is 13.2. The standard InChI is InChI=1S/C23H25Cl3N4O.ClH/c1-15-21(23(31)28-29-12-4-2-3-5-13-29)27-30(20-11-10-18(25)14-19(20)26)22(15)16-6-8-17(24)9-7-16;/h6-11,14-15,22H,2-5,12-13H2,1H3,(H,28,31);1H. The van der Waals surface area contributed by atoms with Crippen molar-refractivity contribution in [3.63, 3.8) is 0 Å². The van der Waals surface area contributed by atoms with Crippen LogP contribution in [0.15, 0.2) is 47.6 Å². The Morgan fingerprint density at radius 2 is 1.59 bits per heavy atom. The molecule has 2 aromatic carbocycles. The van der Waals surface area contributed by atoms with E-state index in [1.807, 2.05) is 47.3 Å². The van der Waals surface area contributed by atoms with Gasteiger partial charge in [0.1, 0.15) is 5.71 Å². The predicted octanol–water partition coefficient (Wildman–Crippen LogP) is 6.53. The highest BCUT2D eigenvalue weighted by molar-refractivity contribution is 6.41. The second kappa shape index (κ2) is 11.1. The lowest BCUT2D eigenvalue weighted by molar-refractivity contribution is -0.119. The van der Waals surface area contributed by atoms with Crippen molar-refractivity contribution in [1.29, 1.82) is 0 Å². The first-order valence-electron chi connectivity index (χ1n) is 10.6. The van der Waals surface area contributed by atoms with E-state index in [2.05, 4.69) is 5.43 Å². The Kier molecular flexibility index (Phi) is 8.70. The Morgan fingerprint density at radius 1 is 0.969 bits per heavy atom. The summed E-state index contributed by atoms with van der Waals surface area (Å²) in [4.78, 5) is 13.2. The molecule has 172 valence electrons. The molecule has 0 spiro atoms. The molecular weight excluding hydrogens is 490 g/mol. The van der Waals surface area contributed by atoms with E-state index in [0.29, 0.717) is 26.5 Å². The number of hydrogen-bond donors (Lipinski definition) is 1. The van der Waals surface area contributed by atoms with E-state index in [1.54, 1.807) is 12.1 Å². The fourth-order valence-corrected chi connectivity index (χ4v) is 4.85. The molecule has 0 bridgehead atoms. The minimum absolute atomic E-state index is 0. The van der Waals surface area contributed by atoms with Crippen molar-refractivity contribution in [1.82, 2.24) is 10.4 Å². The molecule has 2 heterocycles. The van der Waals surface area contributed by atoms with E-state index in [1.165, 1.54) is 12.8 Å². The zero-order valence-electron chi connectivity index (χ0n) is 17.7. The van der Waals surface area contributed by atoms with Gasteiger partial charge in [-0.25, -0.2) is 5.01 Å². The van der Waals surface area contributed by atoms with Gasteiger partial charge in [0.25, 0.3) is 5.91 Å². The minimum Gasteiger partial charge on any atom is -0.284 e. The molecule has 2 aromatic rings. The molecule has 0 aromatic heterocycles. The normalized spacial score (nSPS) is 21.5. The zero-order valence-corrected chi connectivity index (χ0v) is 20.8. The van der Waals surface area contributed by atoms with Crippen LogP contribution in [0.25, 0.3) is 0 Å². The number of benzene rings is 2. The molecule has 1 N–H and O–H groups in total. The van der Waals surface area contributed by atoms with E-state index >= 15 is 0 Å². The van der Waals surface area contributed by atoms with Crippen LogP contribution < -0.4 is 10.4 Å². The Balaban J connectivity index is 0.00000289. The monoisotopic (exact) mass is 514 g/mol. The average molecular weight is 516 g/mol. The van der Waals surface area contributed by atoms with Crippen molar-refractivity contribution < 1.29 is 4.79 Å². The zero-order chi connectivity index (χ0) is 22.0.